The summed E-state index contributed by atoms with van der Waals surface area (Å²) in [5.41, 5.74) is 1.78. The van der Waals surface area contributed by atoms with E-state index in [-0.39, 0.29) is 10.5 Å². The Morgan fingerprint density at radius 1 is 1.29 bits per heavy atom. The van der Waals surface area contributed by atoms with Crippen molar-refractivity contribution in [1.29, 1.82) is 0 Å². The van der Waals surface area contributed by atoms with E-state index in [4.69, 9.17) is 5.11 Å². The minimum atomic E-state index is -3.78. The van der Waals surface area contributed by atoms with Crippen LogP contribution < -0.4 is 4.72 Å². The van der Waals surface area contributed by atoms with Crippen LogP contribution in [0.25, 0.3) is 0 Å². The summed E-state index contributed by atoms with van der Waals surface area (Å²) in [6, 6.07) is 4.19. The minimum Gasteiger partial charge on any atom is -0.478 e. The first-order valence-electron chi connectivity index (χ1n) is 6.10. The van der Waals surface area contributed by atoms with Gasteiger partial charge in [-0.15, -0.1) is 0 Å². The number of aromatic nitrogens is 2. The molecule has 7 nitrogen and oxygen atoms in total. The van der Waals surface area contributed by atoms with Gasteiger partial charge in [-0.05, 0) is 44.5 Å². The average molecular weight is 309 g/mol. The van der Waals surface area contributed by atoms with E-state index >= 15 is 0 Å². The van der Waals surface area contributed by atoms with Crippen molar-refractivity contribution in [3.8, 4) is 0 Å². The van der Waals surface area contributed by atoms with Gasteiger partial charge in [-0.1, -0.05) is 0 Å². The lowest BCUT2D eigenvalue weighted by molar-refractivity contribution is 0.0697. The quantitative estimate of drug-likeness (QED) is 0.797. The lowest BCUT2D eigenvalue weighted by Gasteiger charge is -2.11. The van der Waals surface area contributed by atoms with Crippen molar-refractivity contribution in [1.82, 2.24) is 10.2 Å². The van der Waals surface area contributed by atoms with Gasteiger partial charge >= 0.3 is 5.97 Å². The molecule has 2 aromatic rings. The molecule has 1 heterocycles. The number of nitrogens with zero attached hydrogens (tertiary/aromatic N) is 1. The van der Waals surface area contributed by atoms with Crippen molar-refractivity contribution in [3.05, 3.63) is 40.7 Å². The summed E-state index contributed by atoms with van der Waals surface area (Å²) in [6.07, 6.45) is 0. The molecule has 0 atom stereocenters. The van der Waals surface area contributed by atoms with Gasteiger partial charge in [0.15, 0.2) is 0 Å². The van der Waals surface area contributed by atoms with Gasteiger partial charge in [0.05, 0.1) is 22.6 Å². The van der Waals surface area contributed by atoms with Crippen molar-refractivity contribution < 1.29 is 18.3 Å². The average Bonchev–Trinajstić information content (AvgIpc) is 2.71. The summed E-state index contributed by atoms with van der Waals surface area (Å²) in [7, 11) is -3.78. The van der Waals surface area contributed by atoms with Gasteiger partial charge in [0.1, 0.15) is 4.90 Å². The monoisotopic (exact) mass is 309 g/mol. The van der Waals surface area contributed by atoms with Crippen LogP contribution in [0, 0.1) is 20.8 Å². The first kappa shape index (κ1) is 15.0. The van der Waals surface area contributed by atoms with Crippen molar-refractivity contribution in [2.45, 2.75) is 25.7 Å². The summed E-state index contributed by atoms with van der Waals surface area (Å²) in [5.74, 6) is -1.06. The number of carbonyl (C=O) groups is 1. The van der Waals surface area contributed by atoms with Crippen molar-refractivity contribution in [3.63, 3.8) is 0 Å². The first-order valence-corrected chi connectivity index (χ1v) is 7.59. The number of aromatic amines is 1. The zero-order chi connectivity index (χ0) is 15.8. The Balaban J connectivity index is 2.40. The third-order valence-corrected chi connectivity index (χ3v) is 4.67. The Morgan fingerprint density at radius 2 is 1.95 bits per heavy atom. The van der Waals surface area contributed by atoms with E-state index in [1.807, 2.05) is 0 Å². The third-order valence-electron chi connectivity index (χ3n) is 3.05. The summed E-state index contributed by atoms with van der Waals surface area (Å²) in [5, 5.41) is 15.4. The fraction of sp³-hybridized carbons (Fsp3) is 0.231. The van der Waals surface area contributed by atoms with Gasteiger partial charge in [-0.2, -0.15) is 5.10 Å². The Morgan fingerprint density at radius 3 is 2.43 bits per heavy atom. The molecule has 0 saturated heterocycles. The second-order valence-corrected chi connectivity index (χ2v) is 6.32. The Labute approximate surface area is 122 Å². The highest BCUT2D eigenvalue weighted by molar-refractivity contribution is 7.92. The summed E-state index contributed by atoms with van der Waals surface area (Å²) in [4.78, 5) is 11.0. The molecule has 112 valence electrons. The number of sulfonamides is 1. The lowest BCUT2D eigenvalue weighted by Crippen LogP contribution is -2.15. The van der Waals surface area contributed by atoms with E-state index in [1.165, 1.54) is 18.2 Å². The van der Waals surface area contributed by atoms with Gasteiger partial charge < -0.3 is 5.11 Å². The van der Waals surface area contributed by atoms with Crippen molar-refractivity contribution >= 4 is 21.7 Å². The highest BCUT2D eigenvalue weighted by Crippen LogP contribution is 2.23. The SMILES string of the molecule is Cc1cc(C(=O)O)ccc1NS(=O)(=O)c1c(C)n[nH]c1C. The van der Waals surface area contributed by atoms with Gasteiger partial charge in [0, 0.05) is 0 Å². The van der Waals surface area contributed by atoms with Crippen LogP contribution in [0.5, 0.6) is 0 Å². The maximum atomic E-state index is 12.4. The number of carboxylic acid groups (broad SMARTS) is 1. The number of anilines is 1. The Hall–Kier alpha value is -2.35. The van der Waals surface area contributed by atoms with E-state index < -0.39 is 16.0 Å². The number of carboxylic acids is 1. The first-order chi connectivity index (χ1) is 9.72. The van der Waals surface area contributed by atoms with E-state index in [1.54, 1.807) is 20.8 Å². The largest absolute Gasteiger partial charge is 0.478 e. The molecule has 0 fully saturated rings. The molecule has 1 aromatic carbocycles. The number of nitrogens with one attached hydrogen (secondary N) is 2. The molecule has 0 radical (unpaired) electrons. The van der Waals surface area contributed by atoms with Crippen LogP contribution in [0.1, 0.15) is 27.3 Å². The molecule has 0 aliphatic rings. The Kier molecular flexibility index (Phi) is 3.73. The molecule has 1 aromatic heterocycles. The zero-order valence-electron chi connectivity index (χ0n) is 11.8. The number of rotatable bonds is 4. The molecule has 0 spiro atoms. The second kappa shape index (κ2) is 5.21. The summed E-state index contributed by atoms with van der Waals surface area (Å²) >= 11 is 0. The van der Waals surface area contributed by atoms with Gasteiger partial charge in [-0.3, -0.25) is 9.82 Å². The fourth-order valence-electron chi connectivity index (χ4n) is 2.04. The third kappa shape index (κ3) is 2.89. The minimum absolute atomic E-state index is 0.101. The Bertz CT molecular complexity index is 789. The highest BCUT2D eigenvalue weighted by Gasteiger charge is 2.23. The van der Waals surface area contributed by atoms with Crippen LogP contribution in [0.2, 0.25) is 0 Å². The number of hydrogen-bond donors (Lipinski definition) is 3. The van der Waals surface area contributed by atoms with Crippen LogP contribution in [-0.4, -0.2) is 29.7 Å². The maximum absolute atomic E-state index is 12.4. The van der Waals surface area contributed by atoms with E-state index in [0.29, 0.717) is 22.6 Å². The van der Waals surface area contributed by atoms with E-state index in [0.717, 1.165) is 0 Å². The molecule has 8 heteroatoms. The zero-order valence-corrected chi connectivity index (χ0v) is 12.6. The van der Waals surface area contributed by atoms with Crippen molar-refractivity contribution in [2.75, 3.05) is 4.72 Å². The van der Waals surface area contributed by atoms with Crippen LogP contribution >= 0.6 is 0 Å². The van der Waals surface area contributed by atoms with Crippen LogP contribution in [0.15, 0.2) is 23.1 Å². The molecule has 0 amide bonds. The summed E-state index contributed by atoms with van der Waals surface area (Å²) in [6.45, 7) is 4.85. The highest BCUT2D eigenvalue weighted by atomic mass is 32.2. The van der Waals surface area contributed by atoms with Gasteiger partial charge in [0.25, 0.3) is 10.0 Å². The number of benzene rings is 1. The molecule has 3 N–H and O–H groups in total. The van der Waals surface area contributed by atoms with Gasteiger partial charge in [0.2, 0.25) is 0 Å². The molecule has 0 aliphatic carbocycles. The van der Waals surface area contributed by atoms with E-state index in [9.17, 15) is 13.2 Å². The molecule has 2 rings (SSSR count). The molecule has 0 aliphatic heterocycles. The standard InChI is InChI=1S/C13H15N3O4S/c1-7-6-10(13(17)18)4-5-11(7)16-21(19,20)12-8(2)14-15-9(12)3/h4-6,16H,1-3H3,(H,14,15)(H,17,18). The lowest BCUT2D eigenvalue weighted by atomic mass is 10.1. The molecular weight excluding hydrogens is 294 g/mol. The topological polar surface area (TPSA) is 112 Å². The molecule has 0 unspecified atom stereocenters. The van der Waals surface area contributed by atoms with Crippen LogP contribution in [0.3, 0.4) is 0 Å². The van der Waals surface area contributed by atoms with E-state index in [2.05, 4.69) is 14.9 Å². The smallest absolute Gasteiger partial charge is 0.335 e. The van der Waals surface area contributed by atoms with Crippen LogP contribution in [-0.2, 0) is 10.0 Å². The fourth-order valence-corrected chi connectivity index (χ4v) is 3.55. The number of H-pyrrole nitrogens is 1. The number of aryl methyl sites for hydroxylation is 3. The van der Waals surface area contributed by atoms with Gasteiger partial charge in [-0.25, -0.2) is 13.2 Å². The predicted molar refractivity (Wildman–Crippen MR) is 77.0 cm³/mol. The molecule has 21 heavy (non-hydrogen) atoms. The molecule has 0 bridgehead atoms. The molecule has 0 saturated carbocycles. The number of hydrogen-bond acceptors (Lipinski definition) is 4. The molecular formula is C13H15N3O4S. The predicted octanol–water partition coefficient (Wildman–Crippen LogP) is 1.83. The number of aromatic carboxylic acids is 1. The van der Waals surface area contributed by atoms with Crippen LogP contribution in [0.4, 0.5) is 5.69 Å². The second-order valence-electron chi connectivity index (χ2n) is 4.70. The summed E-state index contributed by atoms with van der Waals surface area (Å²) < 4.78 is 27.2. The normalized spacial score (nSPS) is 11.4. The maximum Gasteiger partial charge on any atom is 0.335 e. The van der Waals surface area contributed by atoms with Crippen molar-refractivity contribution in [2.24, 2.45) is 0 Å².